The highest BCUT2D eigenvalue weighted by molar-refractivity contribution is 4.93. The predicted octanol–water partition coefficient (Wildman–Crippen LogP) is 8.02. The number of nitriles is 1. The third-order valence-corrected chi connectivity index (χ3v) is 8.33. The van der Waals surface area contributed by atoms with Crippen LogP contribution in [0.2, 0.25) is 0 Å². The zero-order valence-electron chi connectivity index (χ0n) is 18.0. The van der Waals surface area contributed by atoms with Crippen molar-refractivity contribution < 1.29 is 4.39 Å². The Balaban J connectivity index is 1.30. The van der Waals surface area contributed by atoms with Gasteiger partial charge < -0.3 is 0 Å². The standard InChI is InChI=1S/C26H42FN/c27-19-5-3-1-2-4-6-21-7-11-23(12-8-21)25-15-17-26(18-16-25)24-13-9-22(20-28)10-14-24/h4,6,21-26H,1-3,5,7-19H2/b6-4+/t21-,22?,23-,24?,25?,26?. The summed E-state index contributed by atoms with van der Waals surface area (Å²) < 4.78 is 12.1. The Morgan fingerprint density at radius 1 is 0.679 bits per heavy atom. The molecule has 2 heteroatoms. The second-order valence-corrected chi connectivity index (χ2v) is 10.1. The predicted molar refractivity (Wildman–Crippen MR) is 116 cm³/mol. The molecule has 0 radical (unpaired) electrons. The first-order valence-electron chi connectivity index (χ1n) is 12.4. The van der Waals surface area contributed by atoms with Crippen molar-refractivity contribution in [1.29, 1.82) is 5.26 Å². The van der Waals surface area contributed by atoms with Crippen LogP contribution in [0, 0.1) is 46.8 Å². The number of allylic oxidation sites excluding steroid dienone is 2. The van der Waals surface area contributed by atoms with Gasteiger partial charge in [-0.3, -0.25) is 4.39 Å². The lowest BCUT2D eigenvalue weighted by atomic mass is 9.65. The lowest BCUT2D eigenvalue weighted by Gasteiger charge is -2.40. The van der Waals surface area contributed by atoms with Gasteiger partial charge in [0.05, 0.1) is 12.7 Å². The summed E-state index contributed by atoms with van der Waals surface area (Å²) in [5.74, 6) is 5.04. The van der Waals surface area contributed by atoms with Crippen LogP contribution in [0.25, 0.3) is 0 Å². The Morgan fingerprint density at radius 3 is 1.68 bits per heavy atom. The Kier molecular flexibility index (Phi) is 9.36. The van der Waals surface area contributed by atoms with Gasteiger partial charge in [0.2, 0.25) is 0 Å². The van der Waals surface area contributed by atoms with Gasteiger partial charge in [0.15, 0.2) is 0 Å². The molecule has 0 aromatic heterocycles. The molecule has 0 spiro atoms. The van der Waals surface area contributed by atoms with E-state index in [9.17, 15) is 4.39 Å². The molecule has 3 rings (SSSR count). The number of hydrogen-bond donors (Lipinski definition) is 0. The fourth-order valence-electron chi connectivity index (χ4n) is 6.44. The van der Waals surface area contributed by atoms with Crippen LogP contribution in [0.1, 0.15) is 103 Å². The van der Waals surface area contributed by atoms with Crippen LogP contribution in [0.15, 0.2) is 12.2 Å². The van der Waals surface area contributed by atoms with Crippen LogP contribution in [-0.4, -0.2) is 6.67 Å². The Bertz CT molecular complexity index is 483. The smallest absolute Gasteiger partial charge is 0.0894 e. The van der Waals surface area contributed by atoms with E-state index in [0.717, 1.165) is 68.1 Å². The van der Waals surface area contributed by atoms with Crippen molar-refractivity contribution in [3.05, 3.63) is 12.2 Å². The molecular formula is C26H42FN. The molecule has 3 aliphatic carbocycles. The second kappa shape index (κ2) is 12.0. The van der Waals surface area contributed by atoms with E-state index in [1.165, 1.54) is 64.2 Å². The lowest BCUT2D eigenvalue weighted by molar-refractivity contribution is 0.113. The minimum Gasteiger partial charge on any atom is -0.251 e. The highest BCUT2D eigenvalue weighted by Gasteiger charge is 2.34. The molecule has 3 fully saturated rings. The third-order valence-electron chi connectivity index (χ3n) is 8.33. The zero-order valence-corrected chi connectivity index (χ0v) is 18.0. The average molecular weight is 388 g/mol. The molecular weight excluding hydrogens is 345 g/mol. The summed E-state index contributed by atoms with van der Waals surface area (Å²) in [6.07, 6.45) is 25.4. The number of rotatable bonds is 8. The van der Waals surface area contributed by atoms with E-state index in [1.807, 2.05) is 0 Å². The number of halogens is 1. The molecule has 0 bridgehead atoms. The van der Waals surface area contributed by atoms with E-state index >= 15 is 0 Å². The van der Waals surface area contributed by atoms with E-state index in [0.29, 0.717) is 5.92 Å². The topological polar surface area (TPSA) is 23.8 Å². The third kappa shape index (κ3) is 6.60. The van der Waals surface area contributed by atoms with Gasteiger partial charge in [0, 0.05) is 5.92 Å². The molecule has 1 nitrogen and oxygen atoms in total. The normalized spacial score (nSPS) is 37.0. The fraction of sp³-hybridized carbons (Fsp3) is 0.885. The second-order valence-electron chi connectivity index (χ2n) is 10.1. The average Bonchev–Trinajstić information content (AvgIpc) is 2.77. The molecule has 0 amide bonds. The van der Waals surface area contributed by atoms with Crippen LogP contribution < -0.4 is 0 Å². The molecule has 158 valence electrons. The fourth-order valence-corrected chi connectivity index (χ4v) is 6.44. The molecule has 0 heterocycles. The van der Waals surface area contributed by atoms with Crippen molar-refractivity contribution in [1.82, 2.24) is 0 Å². The Labute approximate surface area is 173 Å². The minimum atomic E-state index is -0.155. The van der Waals surface area contributed by atoms with Crippen molar-refractivity contribution in [3.8, 4) is 6.07 Å². The molecule has 0 unspecified atom stereocenters. The largest absolute Gasteiger partial charge is 0.251 e. The van der Waals surface area contributed by atoms with Gasteiger partial charge in [-0.25, -0.2) is 0 Å². The van der Waals surface area contributed by atoms with Crippen LogP contribution in [0.4, 0.5) is 4.39 Å². The minimum absolute atomic E-state index is 0.155. The first-order chi connectivity index (χ1) is 13.8. The summed E-state index contributed by atoms with van der Waals surface area (Å²) >= 11 is 0. The number of nitrogens with zero attached hydrogens (tertiary/aromatic N) is 1. The first-order valence-corrected chi connectivity index (χ1v) is 12.4. The quantitative estimate of drug-likeness (QED) is 0.305. The van der Waals surface area contributed by atoms with Gasteiger partial charge in [-0.1, -0.05) is 18.6 Å². The van der Waals surface area contributed by atoms with Crippen molar-refractivity contribution in [2.45, 2.75) is 103 Å². The molecule has 0 atom stereocenters. The number of alkyl halides is 1. The van der Waals surface area contributed by atoms with Crippen molar-refractivity contribution in [3.63, 3.8) is 0 Å². The summed E-state index contributed by atoms with van der Waals surface area (Å²) in [6, 6.07) is 2.49. The first kappa shape index (κ1) is 21.9. The molecule has 0 N–H and O–H groups in total. The van der Waals surface area contributed by atoms with E-state index < -0.39 is 0 Å². The van der Waals surface area contributed by atoms with E-state index in [2.05, 4.69) is 18.2 Å². The van der Waals surface area contributed by atoms with Gasteiger partial charge in [-0.05, 0) is 126 Å². The Morgan fingerprint density at radius 2 is 1.18 bits per heavy atom. The van der Waals surface area contributed by atoms with Gasteiger partial charge in [0.1, 0.15) is 0 Å². The van der Waals surface area contributed by atoms with Crippen molar-refractivity contribution in [2.24, 2.45) is 35.5 Å². The molecule has 0 saturated heterocycles. The maximum absolute atomic E-state index is 12.1. The van der Waals surface area contributed by atoms with Gasteiger partial charge in [-0.2, -0.15) is 5.26 Å². The molecule has 3 aliphatic rings. The van der Waals surface area contributed by atoms with Crippen LogP contribution in [0.5, 0.6) is 0 Å². The van der Waals surface area contributed by atoms with E-state index in [-0.39, 0.29) is 6.67 Å². The number of unbranched alkanes of at least 4 members (excludes halogenated alkanes) is 3. The highest BCUT2D eigenvalue weighted by Crippen LogP contribution is 2.45. The summed E-state index contributed by atoms with van der Waals surface area (Å²) in [5.41, 5.74) is 0. The summed E-state index contributed by atoms with van der Waals surface area (Å²) in [4.78, 5) is 0. The van der Waals surface area contributed by atoms with Gasteiger partial charge >= 0.3 is 0 Å². The molecule has 28 heavy (non-hydrogen) atoms. The molecule has 0 aliphatic heterocycles. The van der Waals surface area contributed by atoms with Crippen molar-refractivity contribution in [2.75, 3.05) is 6.67 Å². The SMILES string of the molecule is N#CC1CCC(C2CCC([C@H]3CC[C@H](/C=C/CCCCCF)CC3)CC2)CC1. The monoisotopic (exact) mass is 387 g/mol. The summed E-state index contributed by atoms with van der Waals surface area (Å²) in [7, 11) is 0. The van der Waals surface area contributed by atoms with Crippen LogP contribution >= 0.6 is 0 Å². The van der Waals surface area contributed by atoms with E-state index in [4.69, 9.17) is 5.26 Å². The van der Waals surface area contributed by atoms with Gasteiger partial charge in [0.25, 0.3) is 0 Å². The van der Waals surface area contributed by atoms with E-state index in [1.54, 1.807) is 0 Å². The molecule has 3 saturated carbocycles. The maximum Gasteiger partial charge on any atom is 0.0894 e. The maximum atomic E-state index is 12.1. The summed E-state index contributed by atoms with van der Waals surface area (Å²) in [5, 5.41) is 9.11. The Hall–Kier alpha value is -0.840. The summed E-state index contributed by atoms with van der Waals surface area (Å²) in [6.45, 7) is -0.155. The van der Waals surface area contributed by atoms with Crippen LogP contribution in [-0.2, 0) is 0 Å². The van der Waals surface area contributed by atoms with Crippen molar-refractivity contribution >= 4 is 0 Å². The molecule has 0 aromatic carbocycles. The number of hydrogen-bond acceptors (Lipinski definition) is 1. The van der Waals surface area contributed by atoms with Crippen LogP contribution in [0.3, 0.4) is 0 Å². The van der Waals surface area contributed by atoms with Gasteiger partial charge in [-0.15, -0.1) is 0 Å². The zero-order chi connectivity index (χ0) is 19.6. The lowest BCUT2D eigenvalue weighted by Crippen LogP contribution is -2.29. The highest BCUT2D eigenvalue weighted by atomic mass is 19.1. The molecule has 0 aromatic rings.